The first-order valence-electron chi connectivity index (χ1n) is 8.09. The van der Waals surface area contributed by atoms with Gasteiger partial charge in [-0.05, 0) is 18.2 Å². The van der Waals surface area contributed by atoms with Crippen LogP contribution in [0, 0.1) is 10.1 Å². The van der Waals surface area contributed by atoms with Crippen molar-refractivity contribution in [3.63, 3.8) is 0 Å². The van der Waals surface area contributed by atoms with Gasteiger partial charge in [-0.15, -0.1) is 0 Å². The molecule has 3 amide bonds. The highest BCUT2D eigenvalue weighted by Gasteiger charge is 2.16. The topological polar surface area (TPSA) is 122 Å². The molecule has 0 radical (unpaired) electrons. The zero-order valence-corrected chi connectivity index (χ0v) is 15.6. The molecule has 0 fully saturated rings. The molecule has 28 heavy (non-hydrogen) atoms. The van der Waals surface area contributed by atoms with Crippen molar-refractivity contribution in [2.45, 2.75) is 0 Å². The fourth-order valence-electron chi connectivity index (χ4n) is 2.21. The fraction of sp³-hybridized carbons (Fsp3) is 0.167. The number of hydrogen-bond donors (Lipinski definition) is 2. The molecule has 0 aliphatic rings. The van der Waals surface area contributed by atoms with Crippen LogP contribution in [-0.4, -0.2) is 47.7 Å². The monoisotopic (exact) mass is 404 g/mol. The van der Waals surface area contributed by atoms with E-state index in [9.17, 15) is 24.5 Å². The quantitative estimate of drug-likeness (QED) is 0.540. The largest absolute Gasteiger partial charge is 0.343 e. The molecule has 0 atom stereocenters. The number of hydrogen-bond acceptors (Lipinski definition) is 5. The van der Waals surface area contributed by atoms with Crippen LogP contribution in [-0.2, 0) is 9.59 Å². The van der Waals surface area contributed by atoms with Gasteiger partial charge in [-0.3, -0.25) is 24.5 Å². The van der Waals surface area contributed by atoms with Crippen LogP contribution >= 0.6 is 11.6 Å². The molecular weight excluding hydrogens is 388 g/mol. The van der Waals surface area contributed by atoms with Crippen molar-refractivity contribution < 1.29 is 19.3 Å². The first-order valence-corrected chi connectivity index (χ1v) is 8.46. The van der Waals surface area contributed by atoms with E-state index >= 15 is 0 Å². The fourth-order valence-corrected chi connectivity index (χ4v) is 2.39. The molecule has 0 saturated heterocycles. The van der Waals surface area contributed by atoms with Crippen molar-refractivity contribution in [1.82, 2.24) is 10.2 Å². The van der Waals surface area contributed by atoms with Gasteiger partial charge >= 0.3 is 0 Å². The van der Waals surface area contributed by atoms with Gasteiger partial charge in [-0.1, -0.05) is 29.8 Å². The summed E-state index contributed by atoms with van der Waals surface area (Å²) in [6.45, 7) is -0.603. The molecule has 10 heteroatoms. The van der Waals surface area contributed by atoms with E-state index in [4.69, 9.17) is 11.6 Å². The molecule has 0 saturated carbocycles. The van der Waals surface area contributed by atoms with E-state index in [0.29, 0.717) is 10.7 Å². The number of anilines is 1. The minimum atomic E-state index is -0.633. The second-order valence-corrected chi connectivity index (χ2v) is 6.18. The van der Waals surface area contributed by atoms with Gasteiger partial charge in [0.1, 0.15) is 0 Å². The smallest absolute Gasteiger partial charge is 0.270 e. The lowest BCUT2D eigenvalue weighted by atomic mass is 10.2. The van der Waals surface area contributed by atoms with Crippen molar-refractivity contribution in [2.24, 2.45) is 0 Å². The molecule has 9 nitrogen and oxygen atoms in total. The molecule has 0 spiro atoms. The first kappa shape index (κ1) is 20.8. The van der Waals surface area contributed by atoms with E-state index in [1.165, 1.54) is 25.2 Å². The minimum Gasteiger partial charge on any atom is -0.343 e. The van der Waals surface area contributed by atoms with Gasteiger partial charge in [-0.25, -0.2) is 0 Å². The molecule has 2 N–H and O–H groups in total. The van der Waals surface area contributed by atoms with Gasteiger partial charge in [0, 0.05) is 24.7 Å². The Morgan fingerprint density at radius 2 is 1.86 bits per heavy atom. The third-order valence-electron chi connectivity index (χ3n) is 3.67. The minimum absolute atomic E-state index is 0.0566. The molecule has 0 heterocycles. The van der Waals surface area contributed by atoms with E-state index in [-0.39, 0.29) is 24.3 Å². The Balaban J connectivity index is 1.86. The number of carbonyl (C=O) groups excluding carboxylic acids is 3. The van der Waals surface area contributed by atoms with Crippen LogP contribution in [0.2, 0.25) is 5.02 Å². The summed E-state index contributed by atoms with van der Waals surface area (Å²) in [6.07, 6.45) is 0. The van der Waals surface area contributed by atoms with Crippen molar-refractivity contribution in [1.29, 1.82) is 0 Å². The number of carbonyl (C=O) groups is 3. The van der Waals surface area contributed by atoms with Crippen LogP contribution in [0.15, 0.2) is 48.5 Å². The molecular formula is C18H17ClN4O5. The summed E-state index contributed by atoms with van der Waals surface area (Å²) in [5.41, 5.74) is 0.252. The molecule has 0 aliphatic heterocycles. The van der Waals surface area contributed by atoms with Crippen LogP contribution in [0.5, 0.6) is 0 Å². The predicted octanol–water partition coefficient (Wildman–Crippen LogP) is 2.08. The van der Waals surface area contributed by atoms with E-state index in [1.807, 2.05) is 0 Å². The maximum Gasteiger partial charge on any atom is 0.270 e. The van der Waals surface area contributed by atoms with Gasteiger partial charge in [-0.2, -0.15) is 0 Å². The molecule has 0 bridgehead atoms. The number of nitrogens with one attached hydrogen (secondary N) is 2. The van der Waals surface area contributed by atoms with Crippen LogP contribution in [0.25, 0.3) is 0 Å². The van der Waals surface area contributed by atoms with E-state index < -0.39 is 22.6 Å². The van der Waals surface area contributed by atoms with Gasteiger partial charge < -0.3 is 15.5 Å². The number of nitro groups is 1. The van der Waals surface area contributed by atoms with Gasteiger partial charge in [0.15, 0.2) is 0 Å². The second-order valence-electron chi connectivity index (χ2n) is 5.77. The lowest BCUT2D eigenvalue weighted by molar-refractivity contribution is -0.384. The van der Waals surface area contributed by atoms with Crippen molar-refractivity contribution in [2.75, 3.05) is 25.5 Å². The highest BCUT2D eigenvalue weighted by atomic mass is 35.5. The number of likely N-dealkylation sites (N-methyl/N-ethyl adjacent to an activating group) is 1. The molecule has 2 rings (SSSR count). The summed E-state index contributed by atoms with van der Waals surface area (Å²) in [5.74, 6) is -1.59. The van der Waals surface area contributed by atoms with E-state index in [2.05, 4.69) is 10.6 Å². The Bertz CT molecular complexity index is 918. The van der Waals surface area contributed by atoms with E-state index in [1.54, 1.807) is 24.3 Å². The highest BCUT2D eigenvalue weighted by molar-refractivity contribution is 6.33. The summed E-state index contributed by atoms with van der Waals surface area (Å²) < 4.78 is 0. The third-order valence-corrected chi connectivity index (χ3v) is 4.00. The molecule has 2 aromatic rings. The summed E-state index contributed by atoms with van der Waals surface area (Å²) in [7, 11) is 1.41. The van der Waals surface area contributed by atoms with Crippen molar-refractivity contribution >= 4 is 40.7 Å². The van der Waals surface area contributed by atoms with Gasteiger partial charge in [0.25, 0.3) is 11.6 Å². The maximum absolute atomic E-state index is 12.1. The van der Waals surface area contributed by atoms with Gasteiger partial charge in [0.05, 0.1) is 28.7 Å². The van der Waals surface area contributed by atoms with E-state index in [0.717, 1.165) is 11.0 Å². The lowest BCUT2D eigenvalue weighted by Gasteiger charge is -2.17. The number of nitrogens with zero attached hydrogens (tertiary/aromatic N) is 2. The molecule has 2 aromatic carbocycles. The second kappa shape index (κ2) is 9.47. The Labute approximate surface area is 165 Å². The number of para-hydroxylation sites is 1. The SMILES string of the molecule is CN(CC(=O)Nc1ccccc1Cl)C(=O)CNC(=O)c1cccc([N+](=O)[O-])c1. The Morgan fingerprint density at radius 3 is 2.54 bits per heavy atom. The number of rotatable bonds is 7. The lowest BCUT2D eigenvalue weighted by Crippen LogP contribution is -2.41. The predicted molar refractivity (Wildman–Crippen MR) is 103 cm³/mol. The van der Waals surface area contributed by atoms with Crippen LogP contribution in [0.3, 0.4) is 0 Å². The zero-order valence-electron chi connectivity index (χ0n) is 14.8. The number of benzene rings is 2. The summed E-state index contributed by atoms with van der Waals surface area (Å²) in [5, 5.41) is 16.1. The maximum atomic E-state index is 12.1. The molecule has 0 unspecified atom stereocenters. The number of nitro benzene ring substituents is 1. The molecule has 146 valence electrons. The van der Waals surface area contributed by atoms with Crippen molar-refractivity contribution in [3.8, 4) is 0 Å². The van der Waals surface area contributed by atoms with Gasteiger partial charge in [0.2, 0.25) is 11.8 Å². The average molecular weight is 405 g/mol. The van der Waals surface area contributed by atoms with Crippen molar-refractivity contribution in [3.05, 3.63) is 69.2 Å². The summed E-state index contributed by atoms with van der Waals surface area (Å²) >= 11 is 5.96. The number of non-ortho nitro benzene ring substituents is 1. The summed E-state index contributed by atoms with van der Waals surface area (Å²) in [6, 6.07) is 11.8. The highest BCUT2D eigenvalue weighted by Crippen LogP contribution is 2.20. The van der Waals surface area contributed by atoms with Crippen LogP contribution < -0.4 is 10.6 Å². The molecule has 0 aromatic heterocycles. The Morgan fingerprint density at radius 1 is 1.14 bits per heavy atom. The first-order chi connectivity index (χ1) is 13.3. The van der Waals surface area contributed by atoms with Crippen LogP contribution in [0.4, 0.5) is 11.4 Å². The normalized spacial score (nSPS) is 10.1. The number of amides is 3. The molecule has 0 aliphatic carbocycles. The summed E-state index contributed by atoms with van der Waals surface area (Å²) in [4.78, 5) is 47.5. The third kappa shape index (κ3) is 5.78. The van der Waals surface area contributed by atoms with Crippen LogP contribution in [0.1, 0.15) is 10.4 Å². The zero-order chi connectivity index (χ0) is 20.7. The Kier molecular flexibility index (Phi) is 7.05. The standard InChI is InChI=1S/C18H17ClN4O5/c1-22(11-16(24)21-15-8-3-2-7-14(15)19)17(25)10-20-18(26)12-5-4-6-13(9-12)23(27)28/h2-9H,10-11H2,1H3,(H,20,26)(H,21,24). The number of halogens is 1. The Hall–Kier alpha value is -3.46. The average Bonchev–Trinajstić information content (AvgIpc) is 2.67.